The number of nitro groups is 2. The molecule has 0 N–H and O–H groups in total. The Labute approximate surface area is 274 Å². The summed E-state index contributed by atoms with van der Waals surface area (Å²) in [5, 5.41) is 22.6. The Bertz CT molecular complexity index is 1310. The van der Waals surface area contributed by atoms with Crippen molar-refractivity contribution < 1.29 is 66.9 Å². The lowest BCUT2D eigenvalue weighted by Gasteiger charge is -2.11. The number of carbonyl (C=O) groups excluding carboxylic acids is 4. The van der Waals surface area contributed by atoms with Crippen LogP contribution in [0, 0.1) is 20.2 Å². The average molecular weight is 681 g/mol. The van der Waals surface area contributed by atoms with Crippen LogP contribution in [-0.4, -0.2) is 114 Å². The van der Waals surface area contributed by atoms with Gasteiger partial charge in [0.15, 0.2) is 11.6 Å². The van der Waals surface area contributed by atoms with Gasteiger partial charge in [0.1, 0.15) is 11.5 Å². The van der Waals surface area contributed by atoms with Crippen molar-refractivity contribution in [3.05, 3.63) is 67.8 Å². The minimum absolute atomic E-state index is 0.0885. The number of esters is 2. The van der Waals surface area contributed by atoms with Crippen LogP contribution < -0.4 is 9.47 Å². The number of carbonyl (C=O) groups is 4. The molecule has 18 nitrogen and oxygen atoms in total. The predicted molar refractivity (Wildman–Crippen MR) is 162 cm³/mol. The lowest BCUT2D eigenvalue weighted by molar-refractivity contribution is -0.385. The van der Waals surface area contributed by atoms with Crippen LogP contribution in [0.5, 0.6) is 11.5 Å². The van der Waals surface area contributed by atoms with Crippen molar-refractivity contribution in [1.82, 2.24) is 0 Å². The number of hydrogen-bond donors (Lipinski definition) is 0. The summed E-state index contributed by atoms with van der Waals surface area (Å²) in [6.07, 6.45) is -0.514. The molecule has 0 fully saturated rings. The Kier molecular flexibility index (Phi) is 18.1. The van der Waals surface area contributed by atoms with Gasteiger partial charge in [-0.05, 0) is 12.1 Å². The van der Waals surface area contributed by atoms with Gasteiger partial charge < -0.3 is 37.9 Å². The highest BCUT2D eigenvalue weighted by Crippen LogP contribution is 2.28. The van der Waals surface area contributed by atoms with Crippen molar-refractivity contribution in [3.63, 3.8) is 0 Å². The molecular formula is C30H36N2O16. The zero-order valence-electron chi connectivity index (χ0n) is 26.4. The van der Waals surface area contributed by atoms with Crippen LogP contribution in [0.25, 0.3) is 0 Å². The second kappa shape index (κ2) is 22.0. The van der Waals surface area contributed by atoms with E-state index in [1.165, 1.54) is 14.2 Å². The quantitative estimate of drug-likeness (QED) is 0.0295. The Hall–Kier alpha value is -4.72. The molecule has 0 atom stereocenters. The van der Waals surface area contributed by atoms with E-state index in [2.05, 4.69) is 0 Å². The van der Waals surface area contributed by atoms with E-state index in [9.17, 15) is 39.4 Å². The minimum atomic E-state index is -1.64. The summed E-state index contributed by atoms with van der Waals surface area (Å²) in [5.41, 5.74) is -1.71. The fourth-order valence-electron chi connectivity index (χ4n) is 3.69. The van der Waals surface area contributed by atoms with Crippen LogP contribution in [-0.2, 0) is 38.0 Å². The van der Waals surface area contributed by atoms with Crippen LogP contribution in [0.4, 0.5) is 11.4 Å². The summed E-state index contributed by atoms with van der Waals surface area (Å²) in [6.45, 7) is 2.12. The van der Waals surface area contributed by atoms with Crippen molar-refractivity contribution in [2.45, 2.75) is 12.8 Å². The average Bonchev–Trinajstić information content (AvgIpc) is 3.06. The molecule has 2 aromatic rings. The van der Waals surface area contributed by atoms with Gasteiger partial charge in [-0.2, -0.15) is 0 Å². The van der Waals surface area contributed by atoms with Gasteiger partial charge in [-0.25, -0.2) is 9.59 Å². The Morgan fingerprint density at radius 2 is 0.875 bits per heavy atom. The van der Waals surface area contributed by atoms with E-state index in [1.54, 1.807) is 0 Å². The first-order valence-corrected chi connectivity index (χ1v) is 14.4. The van der Waals surface area contributed by atoms with Crippen molar-refractivity contribution in [2.24, 2.45) is 0 Å². The molecule has 2 rings (SSSR count). The van der Waals surface area contributed by atoms with Gasteiger partial charge in [-0.15, -0.1) is 0 Å². The molecule has 0 aliphatic carbocycles. The number of ketones is 2. The molecule has 0 radical (unpaired) electrons. The maximum Gasteiger partial charge on any atom is 0.423 e. The molecule has 0 spiro atoms. The Balaban J connectivity index is 2.08. The maximum atomic E-state index is 12.9. The smallest absolute Gasteiger partial charge is 0.417 e. The first-order valence-electron chi connectivity index (χ1n) is 14.4. The monoisotopic (exact) mass is 680 g/mol. The number of nitrogens with zero attached hydrogens (tertiary/aromatic N) is 2. The third-order valence-corrected chi connectivity index (χ3v) is 6.08. The van der Waals surface area contributed by atoms with Crippen molar-refractivity contribution >= 4 is 34.9 Å². The minimum Gasteiger partial charge on any atom is -0.417 e. The van der Waals surface area contributed by atoms with E-state index in [1.807, 2.05) is 0 Å². The Morgan fingerprint density at radius 3 is 1.21 bits per heavy atom. The molecule has 0 saturated carbocycles. The lowest BCUT2D eigenvalue weighted by Crippen LogP contribution is -2.27. The van der Waals surface area contributed by atoms with Gasteiger partial charge in [0.25, 0.3) is 11.4 Å². The first-order chi connectivity index (χ1) is 23.1. The van der Waals surface area contributed by atoms with Crippen molar-refractivity contribution in [2.75, 3.05) is 80.3 Å². The van der Waals surface area contributed by atoms with Crippen molar-refractivity contribution in [1.29, 1.82) is 0 Å². The number of benzene rings is 2. The number of Topliss-reactive ketones (excluding diaryl/α,β-unsaturated/α-hetero) is 2. The molecule has 262 valence electrons. The molecule has 0 aromatic heterocycles. The van der Waals surface area contributed by atoms with E-state index in [4.69, 9.17) is 37.9 Å². The molecule has 2 aromatic carbocycles. The number of hydrogen-bond acceptors (Lipinski definition) is 16. The van der Waals surface area contributed by atoms with E-state index < -0.39 is 56.2 Å². The van der Waals surface area contributed by atoms with Gasteiger partial charge in [-0.3, -0.25) is 29.8 Å². The molecule has 0 aliphatic rings. The SMILES string of the molecule is COCCOCCOCCC(=O)c1cc([N+](=O)[O-])ccc1OC(=O)C(=O)Oc1ccc([N+](=O)[O-])cc1C(=O)CCOCCOCCOC. The van der Waals surface area contributed by atoms with E-state index in [0.717, 1.165) is 36.4 Å². The van der Waals surface area contributed by atoms with Crippen LogP contribution in [0.3, 0.4) is 0 Å². The standard InChI is InChI=1S/C30H36N2O16/c1-41-11-13-45-17-15-43-9-7-25(33)23-19-21(31(37)38)3-5-27(23)47-29(35)30(36)48-28-6-4-22(32(39)40)20-24(28)26(34)8-10-44-16-18-46-14-12-42-2/h3-6,19-20H,7-18H2,1-2H3. The third kappa shape index (κ3) is 14.0. The van der Waals surface area contributed by atoms with E-state index >= 15 is 0 Å². The normalized spacial score (nSPS) is 10.8. The summed E-state index contributed by atoms with van der Waals surface area (Å²) in [4.78, 5) is 72.2. The highest BCUT2D eigenvalue weighted by Gasteiger charge is 2.27. The number of ether oxygens (including phenoxy) is 8. The number of rotatable bonds is 24. The number of methoxy groups -OCH3 is 2. The second-order valence-corrected chi connectivity index (χ2v) is 9.44. The van der Waals surface area contributed by atoms with Crippen LogP contribution in [0.2, 0.25) is 0 Å². The molecule has 0 amide bonds. The molecule has 0 heterocycles. The number of non-ortho nitro benzene ring substituents is 2. The van der Waals surface area contributed by atoms with Crippen LogP contribution in [0.15, 0.2) is 36.4 Å². The van der Waals surface area contributed by atoms with Gasteiger partial charge in [0.05, 0.1) is 87.0 Å². The largest absolute Gasteiger partial charge is 0.423 e. The molecule has 0 bridgehead atoms. The topological polar surface area (TPSA) is 228 Å². The molecule has 0 aliphatic heterocycles. The highest BCUT2D eigenvalue weighted by molar-refractivity contribution is 6.31. The van der Waals surface area contributed by atoms with Crippen LogP contribution in [0.1, 0.15) is 33.6 Å². The van der Waals surface area contributed by atoms with Gasteiger partial charge in [0.2, 0.25) is 0 Å². The summed E-state index contributed by atoms with van der Waals surface area (Å²) >= 11 is 0. The summed E-state index contributed by atoms with van der Waals surface area (Å²) in [6, 6.07) is 5.60. The van der Waals surface area contributed by atoms with Crippen LogP contribution >= 0.6 is 0 Å². The molecule has 18 heteroatoms. The molecular weight excluding hydrogens is 644 g/mol. The fourth-order valence-corrected chi connectivity index (χ4v) is 3.69. The molecule has 48 heavy (non-hydrogen) atoms. The summed E-state index contributed by atoms with van der Waals surface area (Å²) in [7, 11) is 3.05. The fraction of sp³-hybridized carbons (Fsp3) is 0.467. The maximum absolute atomic E-state index is 12.9. The predicted octanol–water partition coefficient (Wildman–Crippen LogP) is 2.52. The van der Waals surface area contributed by atoms with E-state index in [-0.39, 0.29) is 63.6 Å². The summed E-state index contributed by atoms with van der Waals surface area (Å²) < 4.78 is 40.9. The highest BCUT2D eigenvalue weighted by atomic mass is 16.6. The number of nitro benzene ring substituents is 2. The zero-order chi connectivity index (χ0) is 35.3. The van der Waals surface area contributed by atoms with Crippen molar-refractivity contribution in [3.8, 4) is 11.5 Å². The van der Waals surface area contributed by atoms with E-state index in [0.29, 0.717) is 26.4 Å². The van der Waals surface area contributed by atoms with Gasteiger partial charge >= 0.3 is 11.9 Å². The molecule has 0 saturated heterocycles. The summed E-state index contributed by atoms with van der Waals surface area (Å²) in [5.74, 6) is -5.62. The second-order valence-electron chi connectivity index (χ2n) is 9.44. The van der Waals surface area contributed by atoms with Gasteiger partial charge in [-0.1, -0.05) is 0 Å². The third-order valence-electron chi connectivity index (χ3n) is 6.08. The first kappa shape index (κ1) is 39.5. The zero-order valence-corrected chi connectivity index (χ0v) is 26.4. The van der Waals surface area contributed by atoms with Gasteiger partial charge in [0, 0.05) is 51.3 Å². The Morgan fingerprint density at radius 1 is 0.542 bits per heavy atom. The molecule has 0 unspecified atom stereocenters. The lowest BCUT2D eigenvalue weighted by atomic mass is 10.1.